The smallest absolute Gasteiger partial charge is 0.243 e. The number of aliphatic imine (C=N–C) groups is 2. The van der Waals surface area contributed by atoms with Gasteiger partial charge in [0.15, 0.2) is 11.5 Å². The second-order valence-electron chi connectivity index (χ2n) is 8.29. The van der Waals surface area contributed by atoms with Crippen LogP contribution in [-0.4, -0.2) is 55.1 Å². The third-order valence-corrected chi connectivity index (χ3v) is 5.99. The molecule has 0 fully saturated rings. The van der Waals surface area contributed by atoms with E-state index in [9.17, 15) is 4.79 Å². The number of unbranched alkanes of at least 4 members (excludes halogenated alkanes) is 3. The predicted octanol–water partition coefficient (Wildman–Crippen LogP) is 4.77. The van der Waals surface area contributed by atoms with Crippen molar-refractivity contribution in [1.82, 2.24) is 10.4 Å². The Bertz CT molecular complexity index is 1120. The number of nitrogens with zero attached hydrogens (tertiary/aromatic N) is 3. The largest absolute Gasteiger partial charge is 0.490 e. The molecule has 2 aliphatic rings. The van der Waals surface area contributed by atoms with Crippen molar-refractivity contribution >= 4 is 41.1 Å². The standard InChI is InChI=1S/C25H29ClN4O5/c1-33-10-11-35-23-14-21-19(13-22(23)34-9-5-3-2-4-6-24(31)29-32)25-28-20-12-18(26)8-7-17(20)15-30(25)16-27-21/h7-8,12-14,16,32H,2-6,9-11,15H2,1H3,(H,29,31). The zero-order valence-corrected chi connectivity index (χ0v) is 20.4. The van der Waals surface area contributed by atoms with Gasteiger partial charge in [0.2, 0.25) is 5.91 Å². The van der Waals surface area contributed by atoms with E-state index in [0.717, 1.165) is 54.0 Å². The van der Waals surface area contributed by atoms with Gasteiger partial charge in [-0.2, -0.15) is 0 Å². The Hall–Kier alpha value is -3.14. The number of nitrogens with one attached hydrogen (secondary N) is 1. The maximum Gasteiger partial charge on any atom is 0.243 e. The highest BCUT2D eigenvalue weighted by molar-refractivity contribution is 6.31. The number of hydrogen-bond acceptors (Lipinski definition) is 8. The van der Waals surface area contributed by atoms with Gasteiger partial charge in [-0.05, 0) is 36.6 Å². The Kier molecular flexibility index (Phi) is 8.57. The first kappa shape index (κ1) is 25.0. The van der Waals surface area contributed by atoms with Crippen LogP contribution in [0.3, 0.4) is 0 Å². The molecule has 0 saturated heterocycles. The highest BCUT2D eigenvalue weighted by atomic mass is 35.5. The first-order valence-electron chi connectivity index (χ1n) is 11.6. The van der Waals surface area contributed by atoms with E-state index < -0.39 is 0 Å². The third kappa shape index (κ3) is 6.30. The van der Waals surface area contributed by atoms with Gasteiger partial charge in [0.25, 0.3) is 0 Å². The van der Waals surface area contributed by atoms with E-state index in [0.29, 0.717) is 49.3 Å². The van der Waals surface area contributed by atoms with Gasteiger partial charge < -0.3 is 19.1 Å². The van der Waals surface area contributed by atoms with Crippen LogP contribution in [0.4, 0.5) is 11.4 Å². The number of fused-ring (bicyclic) bond motifs is 4. The molecule has 4 rings (SSSR count). The number of methoxy groups -OCH3 is 1. The minimum Gasteiger partial charge on any atom is -0.490 e. The second kappa shape index (κ2) is 12.0. The summed E-state index contributed by atoms with van der Waals surface area (Å²) in [6, 6.07) is 9.53. The first-order chi connectivity index (χ1) is 17.1. The van der Waals surface area contributed by atoms with Crippen LogP contribution >= 0.6 is 11.6 Å². The third-order valence-electron chi connectivity index (χ3n) is 5.75. The Balaban J connectivity index is 1.50. The van der Waals surface area contributed by atoms with E-state index in [4.69, 9.17) is 36.0 Å². The number of benzene rings is 2. The van der Waals surface area contributed by atoms with E-state index in [1.54, 1.807) is 18.9 Å². The van der Waals surface area contributed by atoms with E-state index in [1.165, 1.54) is 0 Å². The maximum absolute atomic E-state index is 11.1. The molecule has 0 atom stereocenters. The number of carbonyl (C=O) groups excluding carboxylic acids is 1. The minimum absolute atomic E-state index is 0.313. The number of carbonyl (C=O) groups is 1. The molecule has 2 aliphatic heterocycles. The molecule has 10 heteroatoms. The van der Waals surface area contributed by atoms with Crippen LogP contribution in [0, 0.1) is 0 Å². The molecule has 0 aromatic heterocycles. The molecule has 9 nitrogen and oxygen atoms in total. The second-order valence-corrected chi connectivity index (χ2v) is 8.72. The molecular formula is C25H29ClN4O5. The van der Waals surface area contributed by atoms with Crippen molar-refractivity contribution in [1.29, 1.82) is 0 Å². The van der Waals surface area contributed by atoms with Crippen molar-refractivity contribution in [2.24, 2.45) is 9.98 Å². The molecular weight excluding hydrogens is 472 g/mol. The molecule has 0 aliphatic carbocycles. The summed E-state index contributed by atoms with van der Waals surface area (Å²) >= 11 is 6.20. The summed E-state index contributed by atoms with van der Waals surface area (Å²) < 4.78 is 17.2. The van der Waals surface area contributed by atoms with E-state index in [2.05, 4.69) is 4.99 Å². The van der Waals surface area contributed by atoms with Crippen LogP contribution in [0.25, 0.3) is 0 Å². The Labute approximate surface area is 209 Å². The minimum atomic E-state index is -0.361. The molecule has 35 heavy (non-hydrogen) atoms. The lowest BCUT2D eigenvalue weighted by Gasteiger charge is -2.30. The fraction of sp³-hybridized carbons (Fsp3) is 0.400. The molecule has 2 aromatic rings. The topological polar surface area (TPSA) is 105 Å². The Morgan fingerprint density at radius 3 is 2.69 bits per heavy atom. The molecule has 0 radical (unpaired) electrons. The van der Waals surface area contributed by atoms with Crippen molar-refractivity contribution in [2.45, 2.75) is 38.6 Å². The van der Waals surface area contributed by atoms with Gasteiger partial charge in [-0.15, -0.1) is 0 Å². The van der Waals surface area contributed by atoms with Crippen LogP contribution in [0.15, 0.2) is 40.3 Å². The first-order valence-corrected chi connectivity index (χ1v) is 12.0. The number of ether oxygens (including phenoxy) is 3. The lowest BCUT2D eigenvalue weighted by atomic mass is 10.0. The van der Waals surface area contributed by atoms with Crippen LogP contribution in [-0.2, 0) is 16.1 Å². The average Bonchev–Trinajstić information content (AvgIpc) is 2.87. The molecule has 2 aromatic carbocycles. The van der Waals surface area contributed by atoms with Crippen LogP contribution in [0.2, 0.25) is 5.02 Å². The Morgan fingerprint density at radius 1 is 1.06 bits per heavy atom. The quantitative estimate of drug-likeness (QED) is 0.247. The van der Waals surface area contributed by atoms with Crippen molar-refractivity contribution < 1.29 is 24.2 Å². The van der Waals surface area contributed by atoms with Crippen molar-refractivity contribution in [2.75, 3.05) is 26.9 Å². The average molecular weight is 501 g/mol. The summed E-state index contributed by atoms with van der Waals surface area (Å²) in [4.78, 5) is 22.6. The molecule has 0 unspecified atom stereocenters. The molecule has 1 amide bonds. The van der Waals surface area contributed by atoms with Crippen LogP contribution in [0.1, 0.15) is 43.2 Å². The normalized spacial score (nSPS) is 13.5. The molecule has 0 bridgehead atoms. The van der Waals surface area contributed by atoms with Gasteiger partial charge in [-0.25, -0.2) is 15.5 Å². The maximum atomic E-state index is 11.1. The molecule has 0 spiro atoms. The van der Waals surface area contributed by atoms with E-state index >= 15 is 0 Å². The number of hydrogen-bond donors (Lipinski definition) is 2. The van der Waals surface area contributed by atoms with Crippen molar-refractivity contribution in [3.8, 4) is 11.5 Å². The predicted molar refractivity (Wildman–Crippen MR) is 134 cm³/mol. The summed E-state index contributed by atoms with van der Waals surface area (Å²) in [6.45, 7) is 2.01. The summed E-state index contributed by atoms with van der Waals surface area (Å²) in [5.74, 6) is 1.66. The summed E-state index contributed by atoms with van der Waals surface area (Å²) in [5.41, 5.74) is 5.21. The monoisotopic (exact) mass is 500 g/mol. The highest BCUT2D eigenvalue weighted by Crippen LogP contribution is 2.40. The zero-order valence-electron chi connectivity index (χ0n) is 19.6. The molecule has 2 N–H and O–H groups in total. The number of amides is 1. The van der Waals surface area contributed by atoms with Gasteiger partial charge in [0.05, 0.1) is 37.5 Å². The number of halogens is 1. The van der Waals surface area contributed by atoms with Gasteiger partial charge in [0.1, 0.15) is 12.4 Å². The van der Waals surface area contributed by atoms with Crippen molar-refractivity contribution in [3.63, 3.8) is 0 Å². The summed E-state index contributed by atoms with van der Waals surface area (Å²) in [5, 5.41) is 9.20. The van der Waals surface area contributed by atoms with E-state index in [1.807, 2.05) is 35.2 Å². The van der Waals surface area contributed by atoms with Crippen LogP contribution < -0.4 is 15.0 Å². The fourth-order valence-electron chi connectivity index (χ4n) is 3.93. The van der Waals surface area contributed by atoms with Crippen molar-refractivity contribution in [3.05, 3.63) is 46.5 Å². The molecule has 186 valence electrons. The Morgan fingerprint density at radius 2 is 1.86 bits per heavy atom. The number of rotatable bonds is 12. The van der Waals surface area contributed by atoms with Gasteiger partial charge >= 0.3 is 0 Å². The number of hydroxylamine groups is 1. The van der Waals surface area contributed by atoms with Gasteiger partial charge in [0, 0.05) is 30.2 Å². The highest BCUT2D eigenvalue weighted by Gasteiger charge is 2.27. The van der Waals surface area contributed by atoms with Gasteiger partial charge in [-0.3, -0.25) is 10.0 Å². The molecule has 2 heterocycles. The SMILES string of the molecule is COCCOc1cc2c(cc1OCCCCCCC(=O)NO)C1=Nc3cc(Cl)ccc3CN1C=N2. The zero-order chi connectivity index (χ0) is 24.6. The fourth-order valence-corrected chi connectivity index (χ4v) is 4.10. The summed E-state index contributed by atoms with van der Waals surface area (Å²) in [6.07, 6.45) is 5.43. The lowest BCUT2D eigenvalue weighted by Crippen LogP contribution is -2.34. The van der Waals surface area contributed by atoms with E-state index in [-0.39, 0.29) is 5.91 Å². The lowest BCUT2D eigenvalue weighted by molar-refractivity contribution is -0.129. The number of amidine groups is 1. The van der Waals surface area contributed by atoms with Crippen LogP contribution in [0.5, 0.6) is 11.5 Å². The summed E-state index contributed by atoms with van der Waals surface area (Å²) in [7, 11) is 1.63. The van der Waals surface area contributed by atoms with Gasteiger partial charge in [-0.1, -0.05) is 30.5 Å². The molecule has 0 saturated carbocycles.